The number of aryl methyl sites for hydroxylation is 1. The van der Waals surface area contributed by atoms with E-state index in [4.69, 9.17) is 0 Å². The Morgan fingerprint density at radius 1 is 0.765 bits per heavy atom. The molecule has 1 nitrogen and oxygen atoms in total. The highest BCUT2D eigenvalue weighted by atomic mass is 15.1. The molecule has 0 heterocycles. The fraction of sp³-hybridized carbons (Fsp3) is 0.250. The van der Waals surface area contributed by atoms with Gasteiger partial charge < -0.3 is 4.90 Å². The molecule has 0 atom stereocenters. The summed E-state index contributed by atoms with van der Waals surface area (Å²) in [4.78, 5) is 2.20. The molecule has 0 aromatic heterocycles. The summed E-state index contributed by atoms with van der Waals surface area (Å²) in [5.74, 6) is 0. The predicted molar refractivity (Wildman–Crippen MR) is 77.0 cm³/mol. The second-order valence-corrected chi connectivity index (χ2v) is 3.68. The van der Waals surface area contributed by atoms with Crippen LogP contribution in [0.5, 0.6) is 0 Å². The van der Waals surface area contributed by atoms with Crippen LogP contribution < -0.4 is 4.90 Å². The third kappa shape index (κ3) is 3.35. The molecule has 0 amide bonds. The summed E-state index contributed by atoms with van der Waals surface area (Å²) in [5, 5.41) is 0. The van der Waals surface area contributed by atoms with Gasteiger partial charge in [-0.3, -0.25) is 0 Å². The molecule has 90 valence electrons. The summed E-state index contributed by atoms with van der Waals surface area (Å²) in [7, 11) is 2.09. The first kappa shape index (κ1) is 13.3. The van der Waals surface area contributed by atoms with Crippen LogP contribution in [0.2, 0.25) is 0 Å². The highest BCUT2D eigenvalue weighted by molar-refractivity contribution is 5.65. The molecule has 1 heteroatoms. The summed E-state index contributed by atoms with van der Waals surface area (Å²) < 4.78 is 0. The van der Waals surface area contributed by atoms with E-state index in [0.29, 0.717) is 0 Å². The number of benzene rings is 2. The highest BCUT2D eigenvalue weighted by Crippen LogP contribution is 2.25. The lowest BCUT2D eigenvalue weighted by atomic mass is 10.1. The molecule has 0 bridgehead atoms. The van der Waals surface area contributed by atoms with E-state index in [2.05, 4.69) is 67.4 Å². The number of nitrogens with zero attached hydrogens (tertiary/aromatic N) is 1. The summed E-state index contributed by atoms with van der Waals surface area (Å²) in [6.45, 7) is 6.13. The molecule has 2 aromatic carbocycles. The van der Waals surface area contributed by atoms with E-state index in [-0.39, 0.29) is 0 Å². The number of rotatable bonds is 2. The van der Waals surface area contributed by atoms with E-state index in [0.717, 1.165) is 0 Å². The van der Waals surface area contributed by atoms with Crippen LogP contribution in [0, 0.1) is 6.92 Å². The zero-order chi connectivity index (χ0) is 12.7. The van der Waals surface area contributed by atoms with E-state index in [1.807, 2.05) is 19.9 Å². The van der Waals surface area contributed by atoms with E-state index >= 15 is 0 Å². The third-order valence-corrected chi connectivity index (χ3v) is 2.62. The van der Waals surface area contributed by atoms with Gasteiger partial charge in [-0.2, -0.15) is 0 Å². The Balaban J connectivity index is 0.000000686. The molecule has 0 aliphatic rings. The van der Waals surface area contributed by atoms with Gasteiger partial charge >= 0.3 is 0 Å². The van der Waals surface area contributed by atoms with Gasteiger partial charge in [0.1, 0.15) is 0 Å². The van der Waals surface area contributed by atoms with E-state index < -0.39 is 0 Å². The van der Waals surface area contributed by atoms with Crippen molar-refractivity contribution in [1.82, 2.24) is 0 Å². The minimum absolute atomic E-state index is 1.21. The Labute approximate surface area is 105 Å². The SMILES string of the molecule is CC.Cc1ccccc1N(C)c1ccccc1. The van der Waals surface area contributed by atoms with Gasteiger partial charge in [-0.1, -0.05) is 50.2 Å². The van der Waals surface area contributed by atoms with Crippen LogP contribution in [0.1, 0.15) is 19.4 Å². The van der Waals surface area contributed by atoms with Gasteiger partial charge in [0.2, 0.25) is 0 Å². The first-order valence-electron chi connectivity index (χ1n) is 6.13. The van der Waals surface area contributed by atoms with Gasteiger partial charge in [-0.25, -0.2) is 0 Å². The van der Waals surface area contributed by atoms with Gasteiger partial charge in [0.05, 0.1) is 0 Å². The smallest absolute Gasteiger partial charge is 0.0437 e. The Morgan fingerprint density at radius 2 is 1.29 bits per heavy atom. The zero-order valence-electron chi connectivity index (χ0n) is 11.1. The molecule has 0 spiro atoms. The van der Waals surface area contributed by atoms with Crippen LogP contribution in [0.3, 0.4) is 0 Å². The molecular formula is C16H21N. The summed E-state index contributed by atoms with van der Waals surface area (Å²) >= 11 is 0. The second-order valence-electron chi connectivity index (χ2n) is 3.68. The van der Waals surface area contributed by atoms with Crippen molar-refractivity contribution in [2.75, 3.05) is 11.9 Å². The first-order valence-corrected chi connectivity index (χ1v) is 6.13. The van der Waals surface area contributed by atoms with Gasteiger partial charge in [-0.05, 0) is 30.7 Å². The Morgan fingerprint density at radius 3 is 1.88 bits per heavy atom. The Bertz CT molecular complexity index is 434. The Hall–Kier alpha value is -1.76. The Kier molecular flexibility index (Phi) is 5.28. The van der Waals surface area contributed by atoms with E-state index in [9.17, 15) is 0 Å². The van der Waals surface area contributed by atoms with Crippen LogP contribution in [-0.4, -0.2) is 7.05 Å². The van der Waals surface area contributed by atoms with Gasteiger partial charge in [-0.15, -0.1) is 0 Å². The first-order chi connectivity index (χ1) is 8.29. The topological polar surface area (TPSA) is 3.24 Å². The number of anilines is 2. The van der Waals surface area contributed by atoms with Crippen LogP contribution in [-0.2, 0) is 0 Å². The van der Waals surface area contributed by atoms with Crippen molar-refractivity contribution in [3.63, 3.8) is 0 Å². The lowest BCUT2D eigenvalue weighted by Crippen LogP contribution is -2.10. The van der Waals surface area contributed by atoms with Crippen LogP contribution in [0.15, 0.2) is 54.6 Å². The fourth-order valence-corrected chi connectivity index (χ4v) is 1.73. The maximum Gasteiger partial charge on any atom is 0.0437 e. The minimum atomic E-state index is 1.21. The van der Waals surface area contributed by atoms with Crippen LogP contribution >= 0.6 is 0 Å². The van der Waals surface area contributed by atoms with Crippen LogP contribution in [0.4, 0.5) is 11.4 Å². The lowest BCUT2D eigenvalue weighted by Gasteiger charge is -2.21. The van der Waals surface area contributed by atoms with Crippen molar-refractivity contribution < 1.29 is 0 Å². The molecule has 0 aliphatic heterocycles. The predicted octanol–water partition coefficient (Wildman–Crippen LogP) is 4.79. The van der Waals surface area contributed by atoms with Gasteiger partial charge in [0.15, 0.2) is 0 Å². The van der Waals surface area contributed by atoms with Crippen molar-refractivity contribution in [2.45, 2.75) is 20.8 Å². The van der Waals surface area contributed by atoms with Crippen molar-refractivity contribution in [2.24, 2.45) is 0 Å². The summed E-state index contributed by atoms with van der Waals surface area (Å²) in [6, 6.07) is 18.8. The maximum atomic E-state index is 2.20. The fourth-order valence-electron chi connectivity index (χ4n) is 1.73. The summed E-state index contributed by atoms with van der Waals surface area (Å²) in [6.07, 6.45) is 0. The molecule has 0 unspecified atom stereocenters. The zero-order valence-corrected chi connectivity index (χ0v) is 11.1. The quantitative estimate of drug-likeness (QED) is 0.713. The van der Waals surface area contributed by atoms with Gasteiger partial charge in [0, 0.05) is 18.4 Å². The monoisotopic (exact) mass is 227 g/mol. The number of hydrogen-bond donors (Lipinski definition) is 0. The molecular weight excluding hydrogens is 206 g/mol. The summed E-state index contributed by atoms with van der Waals surface area (Å²) in [5.41, 5.74) is 3.76. The number of hydrogen-bond acceptors (Lipinski definition) is 1. The molecule has 0 fully saturated rings. The molecule has 0 radical (unpaired) electrons. The highest BCUT2D eigenvalue weighted by Gasteiger charge is 2.04. The van der Waals surface area contributed by atoms with E-state index in [1.54, 1.807) is 0 Å². The standard InChI is InChI=1S/C14H15N.C2H6/c1-12-8-6-7-11-14(12)15(2)13-9-4-3-5-10-13;1-2/h3-11H,1-2H3;1-2H3. The van der Waals surface area contributed by atoms with Crippen molar-refractivity contribution in [1.29, 1.82) is 0 Å². The van der Waals surface area contributed by atoms with Crippen molar-refractivity contribution >= 4 is 11.4 Å². The van der Waals surface area contributed by atoms with Crippen LogP contribution in [0.25, 0.3) is 0 Å². The minimum Gasteiger partial charge on any atom is -0.344 e. The van der Waals surface area contributed by atoms with E-state index in [1.165, 1.54) is 16.9 Å². The average molecular weight is 227 g/mol. The molecule has 17 heavy (non-hydrogen) atoms. The number of para-hydroxylation sites is 2. The molecule has 0 saturated carbocycles. The maximum absolute atomic E-state index is 2.20. The van der Waals surface area contributed by atoms with Crippen molar-refractivity contribution in [3.05, 3.63) is 60.2 Å². The molecule has 0 aliphatic carbocycles. The largest absolute Gasteiger partial charge is 0.344 e. The molecule has 2 aromatic rings. The third-order valence-electron chi connectivity index (χ3n) is 2.62. The van der Waals surface area contributed by atoms with Gasteiger partial charge in [0.25, 0.3) is 0 Å². The normalized spacial score (nSPS) is 9.18. The second kappa shape index (κ2) is 6.74. The molecule has 0 N–H and O–H groups in total. The van der Waals surface area contributed by atoms with Crippen molar-refractivity contribution in [3.8, 4) is 0 Å². The molecule has 2 rings (SSSR count). The lowest BCUT2D eigenvalue weighted by molar-refractivity contribution is 1.18. The average Bonchev–Trinajstić information content (AvgIpc) is 2.42. The molecule has 0 saturated heterocycles.